The number of benzene rings is 2. The van der Waals surface area contributed by atoms with Gasteiger partial charge in [0.15, 0.2) is 12.4 Å². The molecule has 0 unspecified atom stereocenters. The normalized spacial score (nSPS) is 15.9. The molecule has 13 heteroatoms. The third kappa shape index (κ3) is 6.14. The quantitative estimate of drug-likeness (QED) is 0.248. The molecule has 0 saturated carbocycles. The average Bonchev–Trinajstić information content (AvgIpc) is 3.64. The SMILES string of the molecule is C.O=C(Nc1cccc2c1C(=O)c1c(-c3ccc(OCC(=O)N4CCN(c5ccccn5)CC4)cc3)n[nH]c1-2)NN1CCOCC1. The Bertz CT molecular complexity index is 1710. The Balaban J connectivity index is 0.00000372. The highest BCUT2D eigenvalue weighted by atomic mass is 16.5. The van der Waals surface area contributed by atoms with Crippen LogP contribution in [0.1, 0.15) is 23.3 Å². The number of piperazine rings is 1. The lowest BCUT2D eigenvalue weighted by Gasteiger charge is -2.35. The first-order valence-electron chi connectivity index (χ1n) is 14.9. The summed E-state index contributed by atoms with van der Waals surface area (Å²) < 4.78 is 11.1. The molecule has 238 valence electrons. The second-order valence-corrected chi connectivity index (χ2v) is 10.9. The largest absolute Gasteiger partial charge is 0.484 e. The number of nitrogens with one attached hydrogen (secondary N) is 3. The fourth-order valence-corrected chi connectivity index (χ4v) is 5.84. The lowest BCUT2D eigenvalue weighted by molar-refractivity contribution is -0.133. The van der Waals surface area contributed by atoms with Crippen molar-refractivity contribution in [2.24, 2.45) is 0 Å². The number of hydrazine groups is 1. The molecule has 13 nitrogen and oxygen atoms in total. The molecule has 0 radical (unpaired) electrons. The van der Waals surface area contributed by atoms with Crippen molar-refractivity contribution in [2.75, 3.05) is 69.3 Å². The molecule has 2 saturated heterocycles. The van der Waals surface area contributed by atoms with E-state index in [2.05, 4.69) is 30.8 Å². The van der Waals surface area contributed by atoms with Gasteiger partial charge < -0.3 is 24.6 Å². The summed E-state index contributed by atoms with van der Waals surface area (Å²) in [7, 11) is 0. The zero-order valence-electron chi connectivity index (χ0n) is 24.5. The zero-order valence-corrected chi connectivity index (χ0v) is 24.5. The van der Waals surface area contributed by atoms with Crippen molar-refractivity contribution >= 4 is 29.2 Å². The maximum Gasteiger partial charge on any atom is 0.333 e. The van der Waals surface area contributed by atoms with E-state index in [0.717, 1.165) is 11.4 Å². The molecule has 3 aliphatic rings. The van der Waals surface area contributed by atoms with E-state index in [-0.39, 0.29) is 25.7 Å². The van der Waals surface area contributed by atoms with Crippen LogP contribution >= 0.6 is 0 Å². The monoisotopic (exact) mass is 624 g/mol. The number of morpholine rings is 1. The minimum atomic E-state index is -0.423. The molecule has 2 aromatic heterocycles. The number of hydrogen-bond donors (Lipinski definition) is 3. The fraction of sp³-hybridized carbons (Fsp3) is 0.303. The van der Waals surface area contributed by atoms with Crippen molar-refractivity contribution in [3.63, 3.8) is 0 Å². The summed E-state index contributed by atoms with van der Waals surface area (Å²) >= 11 is 0. The van der Waals surface area contributed by atoms with Gasteiger partial charge in [0.2, 0.25) is 0 Å². The Morgan fingerprint density at radius 2 is 1.70 bits per heavy atom. The molecule has 0 atom stereocenters. The first kappa shape index (κ1) is 30.7. The maximum absolute atomic E-state index is 13.7. The van der Waals surface area contributed by atoms with Gasteiger partial charge in [-0.3, -0.25) is 20.1 Å². The van der Waals surface area contributed by atoms with E-state index in [1.54, 1.807) is 40.4 Å². The van der Waals surface area contributed by atoms with Crippen molar-refractivity contribution < 1.29 is 23.9 Å². The predicted molar refractivity (Wildman–Crippen MR) is 173 cm³/mol. The second kappa shape index (κ2) is 13.4. The van der Waals surface area contributed by atoms with Gasteiger partial charge in [-0.05, 0) is 42.5 Å². The van der Waals surface area contributed by atoms with E-state index < -0.39 is 6.03 Å². The van der Waals surface area contributed by atoms with Gasteiger partial charge in [-0.25, -0.2) is 14.8 Å². The second-order valence-electron chi connectivity index (χ2n) is 10.9. The van der Waals surface area contributed by atoms with Crippen LogP contribution in [-0.4, -0.2) is 102 Å². The lowest BCUT2D eigenvalue weighted by atomic mass is 10.0. The van der Waals surface area contributed by atoms with E-state index in [9.17, 15) is 14.4 Å². The van der Waals surface area contributed by atoms with Gasteiger partial charge >= 0.3 is 6.03 Å². The summed E-state index contributed by atoms with van der Waals surface area (Å²) in [5.74, 6) is 1.16. The van der Waals surface area contributed by atoms with Gasteiger partial charge in [-0.15, -0.1) is 0 Å². The van der Waals surface area contributed by atoms with Gasteiger partial charge in [0.1, 0.15) is 17.3 Å². The van der Waals surface area contributed by atoms with Crippen LogP contribution in [0.2, 0.25) is 0 Å². The molecule has 3 amide bonds. The molecule has 4 heterocycles. The minimum absolute atomic E-state index is 0. The van der Waals surface area contributed by atoms with Crippen molar-refractivity contribution in [3.8, 4) is 28.3 Å². The van der Waals surface area contributed by atoms with Crippen LogP contribution in [0.15, 0.2) is 66.9 Å². The van der Waals surface area contributed by atoms with Gasteiger partial charge in [-0.1, -0.05) is 25.6 Å². The summed E-state index contributed by atoms with van der Waals surface area (Å²) in [4.78, 5) is 47.6. The number of rotatable bonds is 7. The molecule has 3 N–H and O–H groups in total. The molecule has 4 aromatic rings. The molecule has 7 rings (SSSR count). The number of carbonyl (C=O) groups is 3. The van der Waals surface area contributed by atoms with E-state index in [0.29, 0.717) is 92.0 Å². The number of amides is 3. The molecule has 2 aromatic carbocycles. The number of fused-ring (bicyclic) bond motifs is 3. The third-order valence-electron chi connectivity index (χ3n) is 8.17. The number of hydrogen-bond acceptors (Lipinski definition) is 9. The summed E-state index contributed by atoms with van der Waals surface area (Å²) in [5, 5.41) is 12.1. The number of ether oxygens (including phenoxy) is 2. The summed E-state index contributed by atoms with van der Waals surface area (Å²) in [6.45, 7) is 4.83. The van der Waals surface area contributed by atoms with Crippen molar-refractivity contribution in [3.05, 3.63) is 78.0 Å². The topological polar surface area (TPSA) is 145 Å². The van der Waals surface area contributed by atoms with Crippen LogP contribution in [0, 0.1) is 0 Å². The van der Waals surface area contributed by atoms with Gasteiger partial charge in [0.05, 0.1) is 35.7 Å². The molecule has 1 aliphatic carbocycles. The van der Waals surface area contributed by atoms with Crippen molar-refractivity contribution in [2.45, 2.75) is 7.43 Å². The number of urea groups is 1. The lowest BCUT2D eigenvalue weighted by Crippen LogP contribution is -2.50. The van der Waals surface area contributed by atoms with Crippen LogP contribution in [0.4, 0.5) is 16.3 Å². The molecule has 46 heavy (non-hydrogen) atoms. The molecule has 2 aliphatic heterocycles. The number of aromatic nitrogens is 3. The number of anilines is 2. The Hall–Kier alpha value is -5.27. The Morgan fingerprint density at radius 1 is 0.913 bits per heavy atom. The van der Waals surface area contributed by atoms with E-state index in [1.807, 2.05) is 36.4 Å². The van der Waals surface area contributed by atoms with Gasteiger partial charge in [0.25, 0.3) is 5.91 Å². The number of pyridine rings is 1. The number of carbonyl (C=O) groups excluding carboxylic acids is 3. The smallest absolute Gasteiger partial charge is 0.333 e. The highest BCUT2D eigenvalue weighted by Gasteiger charge is 2.35. The highest BCUT2D eigenvalue weighted by Crippen LogP contribution is 2.43. The summed E-state index contributed by atoms with van der Waals surface area (Å²) in [6.07, 6.45) is 1.77. The minimum Gasteiger partial charge on any atom is -0.484 e. The standard InChI is InChI=1S/C32H32N8O5.CH4/c41-26(39-14-12-38(13-15-39)25-6-1-2-11-33-25)20-45-22-9-7-21(8-10-22)29-28-30(36-35-29)23-4-3-5-24(27(23)31(28)42)34-32(43)37-40-16-18-44-19-17-40;/h1-11H,12-20H2,(H,35,36)(H2,34,37,43);1H4. The summed E-state index contributed by atoms with van der Waals surface area (Å²) in [5.41, 5.74) is 6.60. The average molecular weight is 625 g/mol. The van der Waals surface area contributed by atoms with Crippen LogP contribution in [0.3, 0.4) is 0 Å². The number of nitrogens with zero attached hydrogens (tertiary/aromatic N) is 5. The van der Waals surface area contributed by atoms with E-state index in [1.165, 1.54) is 0 Å². The maximum atomic E-state index is 13.7. The van der Waals surface area contributed by atoms with Crippen LogP contribution in [0.5, 0.6) is 5.75 Å². The van der Waals surface area contributed by atoms with Crippen molar-refractivity contribution in [1.29, 1.82) is 0 Å². The van der Waals surface area contributed by atoms with Crippen molar-refractivity contribution in [1.82, 2.24) is 30.5 Å². The molecular weight excluding hydrogens is 588 g/mol. The fourth-order valence-electron chi connectivity index (χ4n) is 5.84. The van der Waals surface area contributed by atoms with Crippen LogP contribution < -0.4 is 20.4 Å². The first-order chi connectivity index (χ1) is 22.0. The van der Waals surface area contributed by atoms with E-state index in [4.69, 9.17) is 9.47 Å². The Kier molecular flexibility index (Phi) is 8.94. The third-order valence-corrected chi connectivity index (χ3v) is 8.17. The van der Waals surface area contributed by atoms with Gasteiger partial charge in [-0.2, -0.15) is 5.10 Å². The van der Waals surface area contributed by atoms with E-state index >= 15 is 0 Å². The molecule has 0 spiro atoms. The predicted octanol–water partition coefficient (Wildman–Crippen LogP) is 3.42. The highest BCUT2D eigenvalue weighted by molar-refractivity contribution is 6.26. The Morgan fingerprint density at radius 3 is 2.43 bits per heavy atom. The van der Waals surface area contributed by atoms with Crippen LogP contribution in [-0.2, 0) is 9.53 Å². The number of aromatic amines is 1. The molecular formula is C33H36N8O5. The first-order valence-corrected chi connectivity index (χ1v) is 14.9. The summed E-state index contributed by atoms with van der Waals surface area (Å²) in [6, 6.07) is 17.9. The van der Waals surface area contributed by atoms with Gasteiger partial charge in [0, 0.05) is 56.6 Å². The Labute approximate surface area is 266 Å². The molecule has 2 fully saturated rings. The zero-order chi connectivity index (χ0) is 30.8. The number of ketones is 1. The molecule has 0 bridgehead atoms. The number of H-pyrrole nitrogens is 1. The van der Waals surface area contributed by atoms with Crippen LogP contribution in [0.25, 0.3) is 22.5 Å².